The number of hydrogen-bond donors (Lipinski definition) is 1. The Bertz CT molecular complexity index is 974. The zero-order valence-electron chi connectivity index (χ0n) is 16.2. The van der Waals surface area contributed by atoms with Crippen LogP contribution in [0.15, 0.2) is 41.4 Å². The molecule has 2 aromatic carbocycles. The van der Waals surface area contributed by atoms with Crippen LogP contribution in [0.2, 0.25) is 5.02 Å². The average molecular weight is 416 g/mol. The number of aryl methyl sites for hydroxylation is 3. The van der Waals surface area contributed by atoms with E-state index in [0.29, 0.717) is 10.2 Å². The van der Waals surface area contributed by atoms with Crippen molar-refractivity contribution in [2.45, 2.75) is 32.4 Å². The first-order valence-corrected chi connectivity index (χ1v) is 10.2. The third-order valence-electron chi connectivity index (χ3n) is 4.57. The molecule has 1 atom stereocenters. The van der Waals surface area contributed by atoms with Gasteiger partial charge in [-0.3, -0.25) is 14.5 Å². The highest BCUT2D eigenvalue weighted by Gasteiger charge is 2.37. The quantitative estimate of drug-likeness (QED) is 0.775. The van der Waals surface area contributed by atoms with Crippen molar-refractivity contribution >= 4 is 51.7 Å². The van der Waals surface area contributed by atoms with Crippen molar-refractivity contribution in [1.82, 2.24) is 4.90 Å². The third-order valence-corrected chi connectivity index (χ3v) is 6.03. The number of halogens is 1. The van der Waals surface area contributed by atoms with Gasteiger partial charge in [0.15, 0.2) is 5.17 Å². The molecule has 0 unspecified atom stereocenters. The van der Waals surface area contributed by atoms with Gasteiger partial charge in [-0.15, -0.1) is 0 Å². The van der Waals surface area contributed by atoms with Crippen molar-refractivity contribution in [3.63, 3.8) is 0 Å². The number of benzene rings is 2. The van der Waals surface area contributed by atoms with E-state index in [9.17, 15) is 9.59 Å². The number of carbonyl (C=O) groups is 2. The van der Waals surface area contributed by atoms with Crippen molar-refractivity contribution in [1.29, 1.82) is 0 Å². The van der Waals surface area contributed by atoms with E-state index in [-0.39, 0.29) is 18.2 Å². The van der Waals surface area contributed by atoms with Gasteiger partial charge in [0, 0.05) is 24.2 Å². The molecular formula is C21H22ClN3O2S. The SMILES string of the molecule is Cc1ccc(C)c(NC(=O)C[C@@H]2SC(=Nc3cc(Cl)ccc3C)N(C)C2=O)c1. The normalized spacial score (nSPS) is 18.0. The zero-order valence-corrected chi connectivity index (χ0v) is 17.8. The molecule has 1 aliphatic heterocycles. The molecule has 0 radical (unpaired) electrons. The predicted octanol–water partition coefficient (Wildman–Crippen LogP) is 4.86. The number of carbonyl (C=O) groups excluding carboxylic acids is 2. The standard InChI is InChI=1S/C21H22ClN3O2S/c1-12-5-6-13(2)16(9-12)23-19(26)11-18-20(27)25(4)21(28-18)24-17-10-15(22)8-7-14(17)3/h5-10,18H,11H2,1-4H3,(H,23,26)/t18-/m0/s1. The highest BCUT2D eigenvalue weighted by Crippen LogP contribution is 2.32. The zero-order chi connectivity index (χ0) is 20.4. The minimum atomic E-state index is -0.492. The fourth-order valence-corrected chi connectivity index (χ4v) is 4.16. The molecule has 0 aliphatic carbocycles. The van der Waals surface area contributed by atoms with Crippen LogP contribution in [0.3, 0.4) is 0 Å². The van der Waals surface area contributed by atoms with Gasteiger partial charge in [0.1, 0.15) is 5.25 Å². The number of nitrogens with one attached hydrogen (secondary N) is 1. The molecule has 1 aliphatic rings. The summed E-state index contributed by atoms with van der Waals surface area (Å²) in [4.78, 5) is 31.2. The Hall–Kier alpha value is -2.31. The molecule has 2 amide bonds. The second-order valence-electron chi connectivity index (χ2n) is 6.90. The molecule has 7 heteroatoms. The molecule has 1 N–H and O–H groups in total. The Morgan fingerprint density at radius 1 is 1.18 bits per heavy atom. The second-order valence-corrected chi connectivity index (χ2v) is 8.51. The van der Waals surface area contributed by atoms with Crippen LogP contribution in [0.4, 0.5) is 11.4 Å². The molecule has 5 nitrogen and oxygen atoms in total. The summed E-state index contributed by atoms with van der Waals surface area (Å²) in [6.45, 7) is 5.85. The Morgan fingerprint density at radius 2 is 1.89 bits per heavy atom. The van der Waals surface area contributed by atoms with Gasteiger partial charge in [-0.2, -0.15) is 0 Å². The van der Waals surface area contributed by atoms with E-state index in [0.717, 1.165) is 28.1 Å². The summed E-state index contributed by atoms with van der Waals surface area (Å²) < 4.78 is 0. The summed E-state index contributed by atoms with van der Waals surface area (Å²) in [7, 11) is 1.68. The molecule has 2 aromatic rings. The minimum absolute atomic E-state index is 0.0920. The van der Waals surface area contributed by atoms with Gasteiger partial charge in [-0.1, -0.05) is 41.6 Å². The van der Waals surface area contributed by atoms with Crippen LogP contribution in [-0.2, 0) is 9.59 Å². The number of amides is 2. The topological polar surface area (TPSA) is 61.8 Å². The molecular weight excluding hydrogens is 394 g/mol. The van der Waals surface area contributed by atoms with E-state index < -0.39 is 5.25 Å². The molecule has 0 aromatic heterocycles. The summed E-state index contributed by atoms with van der Waals surface area (Å²) in [6, 6.07) is 11.3. The Labute approximate surface area is 174 Å². The van der Waals surface area contributed by atoms with Crippen LogP contribution in [0.1, 0.15) is 23.1 Å². The molecule has 1 fully saturated rings. The lowest BCUT2D eigenvalue weighted by molar-refractivity contribution is -0.127. The average Bonchev–Trinajstić information content (AvgIpc) is 2.89. The lowest BCUT2D eigenvalue weighted by Crippen LogP contribution is -2.30. The van der Waals surface area contributed by atoms with E-state index in [1.54, 1.807) is 19.2 Å². The fraction of sp³-hybridized carbons (Fsp3) is 0.286. The van der Waals surface area contributed by atoms with Gasteiger partial charge in [-0.25, -0.2) is 4.99 Å². The maximum Gasteiger partial charge on any atom is 0.242 e. The number of hydrogen-bond acceptors (Lipinski definition) is 4. The van der Waals surface area contributed by atoms with Crippen LogP contribution < -0.4 is 5.32 Å². The van der Waals surface area contributed by atoms with Crippen molar-refractivity contribution in [3.8, 4) is 0 Å². The highest BCUT2D eigenvalue weighted by atomic mass is 35.5. The fourth-order valence-electron chi connectivity index (χ4n) is 2.84. The van der Waals surface area contributed by atoms with Crippen LogP contribution in [-0.4, -0.2) is 34.2 Å². The third kappa shape index (κ3) is 4.56. The van der Waals surface area contributed by atoms with Crippen molar-refractivity contribution in [2.24, 2.45) is 4.99 Å². The van der Waals surface area contributed by atoms with Crippen LogP contribution in [0.5, 0.6) is 0 Å². The Balaban J connectivity index is 1.73. The molecule has 1 saturated heterocycles. The van der Waals surface area contributed by atoms with E-state index in [2.05, 4.69) is 10.3 Å². The van der Waals surface area contributed by atoms with Gasteiger partial charge in [0.25, 0.3) is 0 Å². The summed E-state index contributed by atoms with van der Waals surface area (Å²) in [6.07, 6.45) is 0.0920. The lowest BCUT2D eigenvalue weighted by atomic mass is 10.1. The van der Waals surface area contributed by atoms with Crippen LogP contribution in [0.25, 0.3) is 0 Å². The second kappa shape index (κ2) is 8.37. The molecule has 0 spiro atoms. The van der Waals surface area contributed by atoms with Crippen molar-refractivity contribution in [2.75, 3.05) is 12.4 Å². The molecule has 1 heterocycles. The minimum Gasteiger partial charge on any atom is -0.326 e. The summed E-state index contributed by atoms with van der Waals surface area (Å²) in [5, 5.41) is 3.58. The maximum absolute atomic E-state index is 12.6. The maximum atomic E-state index is 12.6. The van der Waals surface area contributed by atoms with Crippen molar-refractivity contribution < 1.29 is 9.59 Å². The van der Waals surface area contributed by atoms with Gasteiger partial charge >= 0.3 is 0 Å². The van der Waals surface area contributed by atoms with E-state index in [1.165, 1.54) is 16.7 Å². The summed E-state index contributed by atoms with van der Waals surface area (Å²) >= 11 is 7.36. The van der Waals surface area contributed by atoms with E-state index in [4.69, 9.17) is 11.6 Å². The number of aliphatic imine (C=N–C) groups is 1. The molecule has 0 bridgehead atoms. The number of rotatable bonds is 4. The molecule has 28 heavy (non-hydrogen) atoms. The van der Waals surface area contributed by atoms with Gasteiger partial charge in [0.2, 0.25) is 11.8 Å². The summed E-state index contributed by atoms with van der Waals surface area (Å²) in [5.41, 5.74) is 4.51. The number of nitrogens with zero attached hydrogens (tertiary/aromatic N) is 2. The Kier molecular flexibility index (Phi) is 6.10. The van der Waals surface area contributed by atoms with Crippen LogP contribution in [0, 0.1) is 20.8 Å². The van der Waals surface area contributed by atoms with Crippen molar-refractivity contribution in [3.05, 3.63) is 58.1 Å². The number of thioether (sulfide) groups is 1. The van der Waals surface area contributed by atoms with E-state index >= 15 is 0 Å². The number of anilines is 1. The van der Waals surface area contributed by atoms with Gasteiger partial charge in [0.05, 0.1) is 5.69 Å². The van der Waals surface area contributed by atoms with Crippen LogP contribution >= 0.6 is 23.4 Å². The molecule has 146 valence electrons. The highest BCUT2D eigenvalue weighted by molar-refractivity contribution is 8.15. The first-order chi connectivity index (χ1) is 13.2. The smallest absolute Gasteiger partial charge is 0.242 e. The predicted molar refractivity (Wildman–Crippen MR) is 117 cm³/mol. The Morgan fingerprint density at radius 3 is 2.64 bits per heavy atom. The molecule has 3 rings (SSSR count). The van der Waals surface area contributed by atoms with E-state index in [1.807, 2.05) is 45.0 Å². The first-order valence-electron chi connectivity index (χ1n) is 8.91. The first kappa shape index (κ1) is 20.4. The van der Waals surface area contributed by atoms with Gasteiger partial charge in [-0.05, 0) is 55.7 Å². The lowest BCUT2D eigenvalue weighted by Gasteiger charge is -2.11. The molecule has 0 saturated carbocycles. The number of amidine groups is 1. The van der Waals surface area contributed by atoms with Gasteiger partial charge < -0.3 is 5.32 Å². The largest absolute Gasteiger partial charge is 0.326 e. The summed E-state index contributed by atoms with van der Waals surface area (Å²) in [5.74, 6) is -0.312. The monoisotopic (exact) mass is 415 g/mol.